The lowest BCUT2D eigenvalue weighted by Crippen LogP contribution is -2.48. The van der Waals surface area contributed by atoms with E-state index in [1.54, 1.807) is 12.1 Å². The molecule has 1 atom stereocenters. The predicted octanol–water partition coefficient (Wildman–Crippen LogP) is 2.06. The Labute approximate surface area is 225 Å². The molecule has 4 heterocycles. The van der Waals surface area contributed by atoms with Crippen molar-refractivity contribution in [2.45, 2.75) is 12.3 Å². The summed E-state index contributed by atoms with van der Waals surface area (Å²) in [6, 6.07) is 7.34. The van der Waals surface area contributed by atoms with Crippen molar-refractivity contribution in [1.82, 2.24) is 29.5 Å². The maximum absolute atomic E-state index is 14.7. The number of fused-ring (bicyclic) bond motifs is 1. The van der Waals surface area contributed by atoms with Crippen LogP contribution in [-0.4, -0.2) is 99.8 Å². The number of hydrogen-bond acceptors (Lipinski definition) is 11. The molecular weight excluding hydrogens is 538 g/mol. The molecule has 0 spiro atoms. The summed E-state index contributed by atoms with van der Waals surface area (Å²) in [5.41, 5.74) is 6.41. The van der Waals surface area contributed by atoms with Crippen LogP contribution in [0.1, 0.15) is 0 Å². The van der Waals surface area contributed by atoms with E-state index >= 15 is 0 Å². The van der Waals surface area contributed by atoms with Gasteiger partial charge in [-0.2, -0.15) is 32.6 Å². The van der Waals surface area contributed by atoms with E-state index in [-0.39, 0.29) is 11.7 Å². The maximum Gasteiger partial charge on any atom is 0.417 e. The number of furan rings is 1. The molecule has 1 aromatic carbocycles. The van der Waals surface area contributed by atoms with E-state index in [4.69, 9.17) is 20.0 Å². The summed E-state index contributed by atoms with van der Waals surface area (Å²) < 4.78 is 63.6. The molecule has 214 valence electrons. The van der Waals surface area contributed by atoms with Gasteiger partial charge in [-0.1, -0.05) is 0 Å². The number of nitrogens with two attached hydrogens (primary N) is 1. The Bertz CT molecular complexity index is 1440. The number of nitrogen functional groups attached to an aromatic ring is 1. The highest BCUT2D eigenvalue weighted by molar-refractivity contribution is 5.53. The molecule has 1 aliphatic heterocycles. The van der Waals surface area contributed by atoms with Gasteiger partial charge in [0.15, 0.2) is 11.9 Å². The Morgan fingerprint density at radius 3 is 2.60 bits per heavy atom. The summed E-state index contributed by atoms with van der Waals surface area (Å²) in [7, 11) is 1.85. The largest absolute Gasteiger partial charge is 0.490 e. The Hall–Kier alpha value is -4.18. The Morgan fingerprint density at radius 1 is 1.15 bits per heavy atom. The lowest BCUT2D eigenvalue weighted by atomic mass is 10.2. The highest BCUT2D eigenvalue weighted by atomic mass is 19.4. The molecule has 12 nitrogen and oxygen atoms in total. The molecule has 0 radical (unpaired) electrons. The molecule has 1 aliphatic rings. The molecule has 1 unspecified atom stereocenters. The third-order valence-electron chi connectivity index (χ3n) is 6.47. The summed E-state index contributed by atoms with van der Waals surface area (Å²) in [6.07, 6.45) is -5.92. The van der Waals surface area contributed by atoms with Gasteiger partial charge in [0.2, 0.25) is 17.7 Å². The van der Waals surface area contributed by atoms with Gasteiger partial charge >= 0.3 is 6.18 Å². The van der Waals surface area contributed by atoms with Crippen molar-refractivity contribution in [3.8, 4) is 17.3 Å². The number of likely N-dealkylation sites (N-methyl/N-ethyl adjacent to an activating group) is 1. The summed E-state index contributed by atoms with van der Waals surface area (Å²) in [5.74, 6) is 0.974. The zero-order valence-electron chi connectivity index (χ0n) is 21.4. The zero-order chi connectivity index (χ0) is 28.4. The van der Waals surface area contributed by atoms with Crippen LogP contribution in [0, 0.1) is 5.82 Å². The second-order valence-electron chi connectivity index (χ2n) is 9.24. The van der Waals surface area contributed by atoms with Crippen molar-refractivity contribution >= 4 is 23.4 Å². The van der Waals surface area contributed by atoms with Crippen LogP contribution in [0.15, 0.2) is 41.0 Å². The minimum atomic E-state index is -4.80. The first-order valence-corrected chi connectivity index (χ1v) is 12.4. The van der Waals surface area contributed by atoms with Crippen molar-refractivity contribution < 1.29 is 31.8 Å². The minimum absolute atomic E-state index is 0.0874. The van der Waals surface area contributed by atoms with E-state index in [2.05, 4.69) is 25.0 Å². The number of alkyl halides is 3. The summed E-state index contributed by atoms with van der Waals surface area (Å²) in [5, 5.41) is 13.3. The van der Waals surface area contributed by atoms with E-state index in [1.165, 1.54) is 22.9 Å². The fourth-order valence-corrected chi connectivity index (χ4v) is 4.18. The molecule has 4 aromatic rings. The van der Waals surface area contributed by atoms with Gasteiger partial charge in [0.05, 0.1) is 12.0 Å². The maximum atomic E-state index is 14.7. The molecule has 3 N–H and O–H groups in total. The lowest BCUT2D eigenvalue weighted by molar-refractivity contribution is -0.210. The molecule has 5 rings (SSSR count). The number of anilines is 3. The number of aromatic nitrogens is 5. The van der Waals surface area contributed by atoms with Gasteiger partial charge in [0.25, 0.3) is 5.78 Å². The summed E-state index contributed by atoms with van der Waals surface area (Å²) in [6.45, 7) is 2.73. The van der Waals surface area contributed by atoms with Crippen LogP contribution in [0.5, 0.6) is 5.75 Å². The average Bonchev–Trinajstić information content (AvgIpc) is 3.61. The van der Waals surface area contributed by atoms with Crippen LogP contribution in [0.25, 0.3) is 17.4 Å². The zero-order valence-corrected chi connectivity index (χ0v) is 21.4. The second-order valence-corrected chi connectivity index (χ2v) is 9.24. The van der Waals surface area contributed by atoms with E-state index < -0.39 is 24.7 Å². The molecule has 0 amide bonds. The quantitative estimate of drug-likeness (QED) is 0.289. The lowest BCUT2D eigenvalue weighted by Gasteiger charge is -2.36. The SMILES string of the molecule is CN(CCN1CCN(c2ccc(OCC(O)C(F)(F)F)cc2F)CC1)c1nc(N)n2nc(-c3ccco3)nc2n1. The first-order chi connectivity index (χ1) is 19.1. The first kappa shape index (κ1) is 27.4. The number of rotatable bonds is 9. The average molecular weight is 566 g/mol. The molecular formula is C24H27F4N9O3. The number of benzene rings is 1. The Kier molecular flexibility index (Phi) is 7.62. The molecule has 0 bridgehead atoms. The monoisotopic (exact) mass is 565 g/mol. The van der Waals surface area contributed by atoms with Crippen molar-refractivity contribution in [2.24, 2.45) is 0 Å². The van der Waals surface area contributed by atoms with Crippen molar-refractivity contribution in [1.29, 1.82) is 0 Å². The molecule has 40 heavy (non-hydrogen) atoms. The van der Waals surface area contributed by atoms with E-state index in [9.17, 15) is 17.6 Å². The highest BCUT2D eigenvalue weighted by Gasteiger charge is 2.38. The normalized spacial score (nSPS) is 15.5. The molecule has 16 heteroatoms. The first-order valence-electron chi connectivity index (χ1n) is 12.4. The van der Waals surface area contributed by atoms with Crippen LogP contribution in [0.2, 0.25) is 0 Å². The molecule has 1 saturated heterocycles. The van der Waals surface area contributed by atoms with Gasteiger partial charge in [-0.25, -0.2) is 4.39 Å². The van der Waals surface area contributed by atoms with Crippen LogP contribution in [-0.2, 0) is 0 Å². The fourth-order valence-electron chi connectivity index (χ4n) is 4.18. The number of hydrogen-bond donors (Lipinski definition) is 2. The van der Waals surface area contributed by atoms with Gasteiger partial charge in [-0.3, -0.25) is 4.90 Å². The third kappa shape index (κ3) is 6.02. The van der Waals surface area contributed by atoms with Crippen molar-refractivity contribution in [3.05, 3.63) is 42.4 Å². The van der Waals surface area contributed by atoms with Crippen molar-refractivity contribution in [2.75, 3.05) is 68.5 Å². The third-order valence-corrected chi connectivity index (χ3v) is 6.47. The number of aliphatic hydroxyl groups excluding tert-OH is 1. The van der Waals surface area contributed by atoms with Gasteiger partial charge in [0, 0.05) is 52.4 Å². The van der Waals surface area contributed by atoms with E-state index in [0.717, 1.165) is 6.07 Å². The highest BCUT2D eigenvalue weighted by Crippen LogP contribution is 2.27. The summed E-state index contributed by atoms with van der Waals surface area (Å²) >= 11 is 0. The van der Waals surface area contributed by atoms with Crippen LogP contribution in [0.3, 0.4) is 0 Å². The Morgan fingerprint density at radius 2 is 1.93 bits per heavy atom. The smallest absolute Gasteiger partial charge is 0.417 e. The number of halogens is 4. The molecule has 3 aromatic heterocycles. The van der Waals surface area contributed by atoms with Gasteiger partial charge in [-0.05, 0) is 24.3 Å². The second kappa shape index (κ2) is 11.1. The Balaban J connectivity index is 1.13. The van der Waals surface area contributed by atoms with Crippen LogP contribution >= 0.6 is 0 Å². The van der Waals surface area contributed by atoms with Crippen molar-refractivity contribution in [3.63, 3.8) is 0 Å². The predicted molar refractivity (Wildman–Crippen MR) is 137 cm³/mol. The van der Waals surface area contributed by atoms with Gasteiger partial charge in [-0.15, -0.1) is 5.10 Å². The van der Waals surface area contributed by atoms with E-state index in [1.807, 2.05) is 16.8 Å². The topological polar surface area (TPSA) is 134 Å². The van der Waals surface area contributed by atoms with Gasteiger partial charge in [0.1, 0.15) is 18.2 Å². The number of piperazine rings is 1. The minimum Gasteiger partial charge on any atom is -0.490 e. The number of ether oxygens (including phenoxy) is 1. The van der Waals surface area contributed by atoms with Crippen LogP contribution in [0.4, 0.5) is 35.1 Å². The van der Waals surface area contributed by atoms with E-state index in [0.29, 0.717) is 68.3 Å². The fraction of sp³-hybridized carbons (Fsp3) is 0.417. The molecule has 0 aliphatic carbocycles. The summed E-state index contributed by atoms with van der Waals surface area (Å²) in [4.78, 5) is 19.1. The van der Waals surface area contributed by atoms with Gasteiger partial charge < -0.3 is 29.8 Å². The number of nitrogens with zero attached hydrogens (tertiary/aromatic N) is 8. The molecule has 1 fully saturated rings. The standard InChI is InChI=1S/C24H27F4N9O3/c1-34(22-31-21(29)37-23(32-22)30-20(33-37)18-3-2-12-39-18)6-7-35-8-10-36(11-9-35)17-5-4-15(13-16(17)25)40-14-19(38)24(26,27)28/h2-5,12-13,19,38H,6-11,14H2,1H3,(H2,29,30,31,32,33). The number of aliphatic hydroxyl groups is 1. The van der Waals surface area contributed by atoms with Crippen LogP contribution < -0.4 is 20.3 Å². The molecule has 0 saturated carbocycles.